The van der Waals surface area contributed by atoms with Crippen LogP contribution < -0.4 is 5.43 Å². The van der Waals surface area contributed by atoms with E-state index in [-0.39, 0.29) is 28.7 Å². The minimum Gasteiger partial charge on any atom is -0.508 e. The average molecular weight is 302 g/mol. The highest BCUT2D eigenvalue weighted by molar-refractivity contribution is 6.01. The average Bonchev–Trinajstić information content (AvgIpc) is 3.10. The van der Waals surface area contributed by atoms with Gasteiger partial charge in [0.2, 0.25) is 5.91 Å². The maximum atomic E-state index is 12.3. The Morgan fingerprint density at radius 1 is 1.36 bits per heavy atom. The van der Waals surface area contributed by atoms with Crippen molar-refractivity contribution in [2.45, 2.75) is 39.5 Å². The van der Waals surface area contributed by atoms with Crippen molar-refractivity contribution in [2.24, 2.45) is 22.4 Å². The van der Waals surface area contributed by atoms with Crippen LogP contribution in [0.25, 0.3) is 0 Å². The number of carbonyl (C=O) groups excluding carboxylic acids is 1. The lowest BCUT2D eigenvalue weighted by Gasteiger charge is -2.15. The van der Waals surface area contributed by atoms with E-state index in [0.717, 1.165) is 12.8 Å². The molecule has 2 fully saturated rings. The second-order valence-electron chi connectivity index (χ2n) is 6.71. The molecule has 2 aliphatic rings. The van der Waals surface area contributed by atoms with Crippen molar-refractivity contribution in [2.75, 3.05) is 0 Å². The molecule has 0 bridgehead atoms. The van der Waals surface area contributed by atoms with E-state index in [1.54, 1.807) is 13.0 Å². The van der Waals surface area contributed by atoms with Gasteiger partial charge >= 0.3 is 0 Å². The largest absolute Gasteiger partial charge is 0.508 e. The molecule has 0 radical (unpaired) electrons. The van der Waals surface area contributed by atoms with Gasteiger partial charge in [-0.1, -0.05) is 19.8 Å². The number of fused-ring (bicyclic) bond motifs is 1. The van der Waals surface area contributed by atoms with Crippen molar-refractivity contribution in [1.29, 1.82) is 0 Å². The molecule has 0 aliphatic heterocycles. The number of nitrogens with zero attached hydrogens (tertiary/aromatic N) is 1. The Morgan fingerprint density at radius 2 is 2.14 bits per heavy atom. The third kappa shape index (κ3) is 2.45. The maximum Gasteiger partial charge on any atom is 0.244 e. The molecular formula is C17H22N2O3. The van der Waals surface area contributed by atoms with Crippen LogP contribution in [0.5, 0.6) is 11.5 Å². The van der Waals surface area contributed by atoms with Crippen LogP contribution in [-0.2, 0) is 4.79 Å². The first-order chi connectivity index (χ1) is 10.4. The van der Waals surface area contributed by atoms with Crippen LogP contribution in [0.15, 0.2) is 23.3 Å². The molecule has 0 heterocycles. The summed E-state index contributed by atoms with van der Waals surface area (Å²) in [6, 6.07) is 4.31. The molecule has 1 aromatic rings. The zero-order valence-corrected chi connectivity index (χ0v) is 13.0. The van der Waals surface area contributed by atoms with Crippen LogP contribution in [0.1, 0.15) is 45.1 Å². The van der Waals surface area contributed by atoms with E-state index in [4.69, 9.17) is 0 Å². The van der Waals surface area contributed by atoms with Crippen molar-refractivity contribution in [3.63, 3.8) is 0 Å². The minimum absolute atomic E-state index is 0.00642. The molecule has 3 N–H and O–H groups in total. The number of carbonyl (C=O) groups is 1. The molecule has 3 rings (SSSR count). The van der Waals surface area contributed by atoms with Crippen LogP contribution in [-0.4, -0.2) is 21.8 Å². The van der Waals surface area contributed by atoms with Gasteiger partial charge in [-0.15, -0.1) is 0 Å². The van der Waals surface area contributed by atoms with Crippen molar-refractivity contribution < 1.29 is 15.0 Å². The predicted molar refractivity (Wildman–Crippen MR) is 83.7 cm³/mol. The van der Waals surface area contributed by atoms with E-state index >= 15 is 0 Å². The predicted octanol–water partition coefficient (Wildman–Crippen LogP) is 2.76. The second-order valence-corrected chi connectivity index (χ2v) is 6.71. The molecule has 5 heteroatoms. The van der Waals surface area contributed by atoms with Gasteiger partial charge in [-0.3, -0.25) is 4.79 Å². The molecule has 3 atom stereocenters. The van der Waals surface area contributed by atoms with E-state index in [0.29, 0.717) is 17.2 Å². The molecule has 2 aliphatic carbocycles. The molecule has 22 heavy (non-hydrogen) atoms. The summed E-state index contributed by atoms with van der Waals surface area (Å²) in [6.45, 7) is 3.91. The summed E-state index contributed by atoms with van der Waals surface area (Å²) in [5.41, 5.74) is 3.81. The van der Waals surface area contributed by atoms with Crippen LogP contribution in [0.3, 0.4) is 0 Å². The van der Waals surface area contributed by atoms with Gasteiger partial charge < -0.3 is 10.2 Å². The monoisotopic (exact) mass is 302 g/mol. The Morgan fingerprint density at radius 3 is 2.77 bits per heavy atom. The Balaban J connectivity index is 1.67. The molecule has 118 valence electrons. The van der Waals surface area contributed by atoms with E-state index in [1.165, 1.54) is 25.0 Å². The highest BCUT2D eigenvalue weighted by Gasteiger charge is 2.64. The van der Waals surface area contributed by atoms with Crippen molar-refractivity contribution in [3.8, 4) is 11.5 Å². The zero-order chi connectivity index (χ0) is 15.9. The Hall–Kier alpha value is -2.04. The van der Waals surface area contributed by atoms with Gasteiger partial charge in [0.15, 0.2) is 0 Å². The van der Waals surface area contributed by atoms with Gasteiger partial charge in [-0.2, -0.15) is 5.10 Å². The molecular weight excluding hydrogens is 280 g/mol. The number of hydrogen-bond donors (Lipinski definition) is 3. The maximum absolute atomic E-state index is 12.3. The van der Waals surface area contributed by atoms with Gasteiger partial charge in [0.1, 0.15) is 11.5 Å². The summed E-state index contributed by atoms with van der Waals surface area (Å²) in [6.07, 6.45) is 4.68. The standard InChI is InChI=1S/C17H22N2O3/c1-10(12-7-6-11(20)9-14(12)21)18-19-16(22)15-13-5-3-4-8-17(13,15)2/h6-7,9,13,15,20-21H,3-5,8H2,1-2H3,(H,19,22)/b18-10-/t13-,15+,17-/m1/s1. The fourth-order valence-corrected chi connectivity index (χ4v) is 3.95. The first kappa shape index (κ1) is 14.9. The smallest absolute Gasteiger partial charge is 0.244 e. The van der Waals surface area contributed by atoms with Crippen molar-refractivity contribution in [3.05, 3.63) is 23.8 Å². The van der Waals surface area contributed by atoms with Crippen molar-refractivity contribution >= 4 is 11.6 Å². The molecule has 0 unspecified atom stereocenters. The van der Waals surface area contributed by atoms with Gasteiger partial charge in [0.05, 0.1) is 5.71 Å². The van der Waals surface area contributed by atoms with E-state index < -0.39 is 0 Å². The van der Waals surface area contributed by atoms with Crippen LogP contribution in [0.4, 0.5) is 0 Å². The third-order valence-electron chi connectivity index (χ3n) is 5.32. The first-order valence-corrected chi connectivity index (χ1v) is 7.80. The summed E-state index contributed by atoms with van der Waals surface area (Å²) in [4.78, 5) is 12.3. The van der Waals surface area contributed by atoms with Crippen LogP contribution >= 0.6 is 0 Å². The molecule has 2 saturated carbocycles. The van der Waals surface area contributed by atoms with Crippen LogP contribution in [0.2, 0.25) is 0 Å². The zero-order valence-electron chi connectivity index (χ0n) is 13.0. The summed E-state index contributed by atoms with van der Waals surface area (Å²) in [7, 11) is 0. The highest BCUT2D eigenvalue weighted by Crippen LogP contribution is 2.66. The third-order valence-corrected chi connectivity index (χ3v) is 5.32. The van der Waals surface area contributed by atoms with Gasteiger partial charge in [-0.25, -0.2) is 5.43 Å². The Kier molecular flexibility index (Phi) is 3.59. The summed E-state index contributed by atoms with van der Waals surface area (Å²) in [5.74, 6) is 0.487. The fourth-order valence-electron chi connectivity index (χ4n) is 3.95. The Bertz CT molecular complexity index is 641. The topological polar surface area (TPSA) is 81.9 Å². The lowest BCUT2D eigenvalue weighted by molar-refractivity contribution is -0.123. The molecule has 0 saturated heterocycles. The van der Waals surface area contributed by atoms with Gasteiger partial charge in [0, 0.05) is 17.5 Å². The number of benzene rings is 1. The first-order valence-electron chi connectivity index (χ1n) is 7.80. The number of hydrazone groups is 1. The highest BCUT2D eigenvalue weighted by atomic mass is 16.3. The van der Waals surface area contributed by atoms with E-state index in [2.05, 4.69) is 17.5 Å². The van der Waals surface area contributed by atoms with Crippen molar-refractivity contribution in [1.82, 2.24) is 5.43 Å². The SMILES string of the molecule is C/C(=N/NC(=O)[C@@H]1[C@H]2CCCC[C@]21C)c1ccc(O)cc1O. The number of amides is 1. The fraction of sp³-hybridized carbons (Fsp3) is 0.529. The molecule has 0 spiro atoms. The number of rotatable bonds is 3. The summed E-state index contributed by atoms with van der Waals surface area (Å²) >= 11 is 0. The molecule has 1 amide bonds. The summed E-state index contributed by atoms with van der Waals surface area (Å²) < 4.78 is 0. The quantitative estimate of drug-likeness (QED) is 0.593. The Labute approximate surface area is 130 Å². The minimum atomic E-state index is -0.0532. The molecule has 1 aromatic carbocycles. The van der Waals surface area contributed by atoms with Crippen LogP contribution in [0, 0.1) is 17.3 Å². The normalized spacial score (nSPS) is 30.5. The molecule has 5 nitrogen and oxygen atoms in total. The van der Waals surface area contributed by atoms with E-state index in [9.17, 15) is 15.0 Å². The molecule has 0 aromatic heterocycles. The lowest BCUT2D eigenvalue weighted by atomic mass is 9.90. The van der Waals surface area contributed by atoms with E-state index in [1.807, 2.05) is 0 Å². The number of nitrogens with one attached hydrogen (secondary N) is 1. The van der Waals surface area contributed by atoms with Gasteiger partial charge in [-0.05, 0) is 43.2 Å². The number of aromatic hydroxyl groups is 2. The number of hydrogen-bond acceptors (Lipinski definition) is 4. The van der Waals surface area contributed by atoms with Gasteiger partial charge in [0.25, 0.3) is 0 Å². The number of phenols is 2. The second kappa shape index (κ2) is 5.30. The number of phenolic OH excluding ortho intramolecular Hbond substituents is 2. The summed E-state index contributed by atoms with van der Waals surface area (Å²) in [5, 5.41) is 23.2. The lowest BCUT2D eigenvalue weighted by Crippen LogP contribution is -2.23.